The standard InChI is InChI=1S/C17H17Cl2NO3.C16H17N3O4S/c1-3-22-10-23-17(21)12-6-4-5-7-14(12)20-16-13(18)9-8-11(2)15(16)19;1-8-7-24-15-11(14(21)19(15)12(8)16(22)23)18-13(20)10(17)9-5-3-2-4-6-9/h4-9,20H,3,10H2,1-2H3;2-6,10-11,15H,7,17H2,1H3,(H,18,20)(H,22,23)/t;10-,11-,15-/m.1/s1. The van der Waals surface area contributed by atoms with Gasteiger partial charge in [0.2, 0.25) is 5.91 Å². The van der Waals surface area contributed by atoms with E-state index in [-0.39, 0.29) is 12.5 Å². The van der Waals surface area contributed by atoms with E-state index in [2.05, 4.69) is 10.6 Å². The van der Waals surface area contributed by atoms with Crippen LogP contribution in [0.5, 0.6) is 0 Å². The smallest absolute Gasteiger partial charge is 0.352 e. The highest BCUT2D eigenvalue weighted by Gasteiger charge is 2.53. The minimum Gasteiger partial charge on any atom is -0.477 e. The molecule has 0 saturated carbocycles. The summed E-state index contributed by atoms with van der Waals surface area (Å²) in [7, 11) is 0. The number of carboxylic acids is 1. The van der Waals surface area contributed by atoms with Gasteiger partial charge < -0.3 is 30.9 Å². The van der Waals surface area contributed by atoms with Gasteiger partial charge in [-0.05, 0) is 55.7 Å². The monoisotopic (exact) mass is 700 g/mol. The first-order chi connectivity index (χ1) is 22.5. The molecule has 3 atom stereocenters. The fraction of sp³-hybridized carbons (Fsp3) is 0.273. The van der Waals surface area contributed by atoms with Gasteiger partial charge in [-0.25, -0.2) is 9.59 Å². The maximum atomic E-state index is 12.3. The Morgan fingerprint density at radius 2 is 1.74 bits per heavy atom. The van der Waals surface area contributed by atoms with E-state index >= 15 is 0 Å². The first kappa shape index (κ1) is 35.8. The van der Waals surface area contributed by atoms with Crippen LogP contribution in [0.25, 0.3) is 0 Å². The number of carboxylic acid groups (broad SMARTS) is 1. The molecule has 47 heavy (non-hydrogen) atoms. The van der Waals surface area contributed by atoms with Gasteiger partial charge in [-0.3, -0.25) is 14.5 Å². The van der Waals surface area contributed by atoms with Gasteiger partial charge in [-0.15, -0.1) is 11.8 Å². The van der Waals surface area contributed by atoms with Gasteiger partial charge in [0.15, 0.2) is 6.79 Å². The number of ether oxygens (including phenoxy) is 2. The number of nitrogens with two attached hydrogens (primary N) is 1. The zero-order chi connectivity index (χ0) is 34.2. The fourth-order valence-electron chi connectivity index (χ4n) is 4.76. The van der Waals surface area contributed by atoms with Crippen molar-refractivity contribution in [2.45, 2.75) is 38.2 Å². The molecule has 2 aliphatic rings. The number of amides is 2. The summed E-state index contributed by atoms with van der Waals surface area (Å²) in [5, 5.41) is 15.6. The lowest BCUT2D eigenvalue weighted by molar-refractivity contribution is -0.150. The number of nitrogens with one attached hydrogen (secondary N) is 2. The van der Waals surface area contributed by atoms with Gasteiger partial charge in [-0.2, -0.15) is 0 Å². The number of para-hydroxylation sites is 1. The number of aliphatic carboxylic acids is 1. The van der Waals surface area contributed by atoms with Crippen molar-refractivity contribution in [2.75, 3.05) is 24.5 Å². The third-order valence-corrected chi connectivity index (χ3v) is 9.49. The highest BCUT2D eigenvalue weighted by molar-refractivity contribution is 8.00. The maximum absolute atomic E-state index is 12.3. The van der Waals surface area contributed by atoms with Crippen LogP contribution in [0.4, 0.5) is 11.4 Å². The number of β-lactam (4-membered cyclic amide) rings is 1. The SMILES string of the molecule is CC1=C(C(=O)O)N2C(=O)[C@@H](NC(=O)[C@H](N)c3ccccc3)[C@H]2SC1.CCOCOC(=O)c1ccccc1Nc1c(Cl)ccc(C)c1Cl. The zero-order valence-corrected chi connectivity index (χ0v) is 28.1. The van der Waals surface area contributed by atoms with Gasteiger partial charge in [-0.1, -0.05) is 71.7 Å². The Labute approximate surface area is 286 Å². The Morgan fingerprint density at radius 3 is 2.43 bits per heavy atom. The Balaban J connectivity index is 0.000000213. The number of thioether (sulfide) groups is 1. The summed E-state index contributed by atoms with van der Waals surface area (Å²) in [5.74, 6) is -1.98. The predicted molar refractivity (Wildman–Crippen MR) is 182 cm³/mol. The van der Waals surface area contributed by atoms with E-state index in [0.717, 1.165) is 5.56 Å². The van der Waals surface area contributed by atoms with E-state index in [1.165, 1.54) is 16.7 Å². The Kier molecular flexibility index (Phi) is 12.3. The van der Waals surface area contributed by atoms with Crippen molar-refractivity contribution in [3.8, 4) is 0 Å². The van der Waals surface area contributed by atoms with Crippen LogP contribution in [-0.4, -0.2) is 64.3 Å². The van der Waals surface area contributed by atoms with Crippen molar-refractivity contribution in [1.82, 2.24) is 10.2 Å². The minimum atomic E-state index is -1.13. The fourth-order valence-corrected chi connectivity index (χ4v) is 6.52. The lowest BCUT2D eigenvalue weighted by Gasteiger charge is -2.49. The van der Waals surface area contributed by atoms with Crippen LogP contribution in [0.3, 0.4) is 0 Å². The van der Waals surface area contributed by atoms with E-state index in [4.69, 9.17) is 38.4 Å². The number of benzene rings is 3. The maximum Gasteiger partial charge on any atom is 0.352 e. The van der Waals surface area contributed by atoms with Crippen LogP contribution in [0.1, 0.15) is 41.4 Å². The van der Waals surface area contributed by atoms with Gasteiger partial charge >= 0.3 is 11.9 Å². The van der Waals surface area contributed by atoms with Crippen LogP contribution in [-0.2, 0) is 23.9 Å². The molecule has 2 heterocycles. The van der Waals surface area contributed by atoms with E-state index in [0.29, 0.717) is 50.5 Å². The number of anilines is 2. The van der Waals surface area contributed by atoms with Crippen LogP contribution in [0, 0.1) is 6.92 Å². The molecule has 3 aromatic carbocycles. The van der Waals surface area contributed by atoms with Crippen molar-refractivity contribution in [2.24, 2.45) is 5.73 Å². The van der Waals surface area contributed by atoms with Crippen LogP contribution in [0.15, 0.2) is 78.0 Å². The van der Waals surface area contributed by atoms with E-state index in [1.54, 1.807) is 61.5 Å². The summed E-state index contributed by atoms with van der Waals surface area (Å²) in [6.07, 6.45) is 0. The molecule has 0 aliphatic carbocycles. The van der Waals surface area contributed by atoms with E-state index in [1.807, 2.05) is 26.0 Å². The second kappa shape index (κ2) is 16.2. The average molecular weight is 702 g/mol. The number of esters is 1. The number of rotatable bonds is 10. The molecule has 1 saturated heterocycles. The lowest BCUT2D eigenvalue weighted by Crippen LogP contribution is -2.71. The normalized spacial score (nSPS) is 17.4. The molecular formula is C33H34Cl2N4O7S. The number of hydrogen-bond donors (Lipinski definition) is 4. The van der Waals surface area contributed by atoms with Gasteiger partial charge in [0.05, 0.1) is 27.0 Å². The average Bonchev–Trinajstić information content (AvgIpc) is 3.07. The molecule has 2 amide bonds. The topological polar surface area (TPSA) is 160 Å². The molecule has 2 aliphatic heterocycles. The summed E-state index contributed by atoms with van der Waals surface area (Å²) in [4.78, 5) is 49.4. The van der Waals surface area contributed by atoms with E-state index in [9.17, 15) is 24.3 Å². The number of nitrogens with zero attached hydrogens (tertiary/aromatic N) is 1. The Bertz CT molecular complexity index is 1690. The zero-order valence-electron chi connectivity index (χ0n) is 25.8. The van der Waals surface area contributed by atoms with Crippen molar-refractivity contribution in [1.29, 1.82) is 0 Å². The summed E-state index contributed by atoms with van der Waals surface area (Å²) in [6, 6.07) is 17.8. The van der Waals surface area contributed by atoms with Crippen molar-refractivity contribution in [3.63, 3.8) is 0 Å². The third kappa shape index (κ3) is 8.27. The molecule has 0 unspecified atom stereocenters. The third-order valence-electron chi connectivity index (χ3n) is 7.27. The lowest BCUT2D eigenvalue weighted by atomic mass is 10.0. The Hall–Kier alpha value is -4.07. The second-order valence-corrected chi connectivity index (χ2v) is 12.4. The highest BCUT2D eigenvalue weighted by atomic mass is 35.5. The van der Waals surface area contributed by atoms with Crippen molar-refractivity contribution < 1.29 is 33.8 Å². The number of aryl methyl sites for hydroxylation is 1. The molecule has 0 aromatic heterocycles. The molecule has 5 N–H and O–H groups in total. The van der Waals surface area contributed by atoms with Gasteiger partial charge in [0.1, 0.15) is 23.2 Å². The number of hydrogen-bond acceptors (Lipinski definition) is 9. The summed E-state index contributed by atoms with van der Waals surface area (Å²) in [5.41, 5.74) is 9.61. The second-order valence-electron chi connectivity index (χ2n) is 10.5. The highest BCUT2D eigenvalue weighted by Crippen LogP contribution is 2.40. The van der Waals surface area contributed by atoms with Crippen LogP contribution in [0.2, 0.25) is 10.0 Å². The molecule has 14 heteroatoms. The van der Waals surface area contributed by atoms with E-state index < -0.39 is 41.2 Å². The molecule has 0 radical (unpaired) electrons. The van der Waals surface area contributed by atoms with Crippen LogP contribution >= 0.6 is 35.0 Å². The molecule has 0 spiro atoms. The first-order valence-corrected chi connectivity index (χ1v) is 16.3. The quantitative estimate of drug-likeness (QED) is 0.0902. The molecule has 0 bridgehead atoms. The number of carbonyl (C=O) groups is 4. The number of halogens is 2. The number of carbonyl (C=O) groups excluding carboxylic acids is 3. The first-order valence-electron chi connectivity index (χ1n) is 14.5. The molecule has 1 fully saturated rings. The molecule has 5 rings (SSSR count). The molecule has 248 valence electrons. The summed E-state index contributed by atoms with van der Waals surface area (Å²) >= 11 is 13.9. The van der Waals surface area contributed by atoms with Gasteiger partial charge in [0, 0.05) is 12.4 Å². The summed E-state index contributed by atoms with van der Waals surface area (Å²) < 4.78 is 10.1. The molecule has 3 aromatic rings. The largest absolute Gasteiger partial charge is 0.477 e. The van der Waals surface area contributed by atoms with Gasteiger partial charge in [0.25, 0.3) is 5.91 Å². The molecule has 11 nitrogen and oxygen atoms in total. The van der Waals surface area contributed by atoms with Crippen molar-refractivity contribution >= 4 is 70.1 Å². The van der Waals surface area contributed by atoms with Crippen LogP contribution < -0.4 is 16.4 Å². The predicted octanol–water partition coefficient (Wildman–Crippen LogP) is 5.64. The molecular weight excluding hydrogens is 667 g/mol. The minimum absolute atomic E-state index is 0.0154. The number of fused-ring (bicyclic) bond motifs is 1. The summed E-state index contributed by atoms with van der Waals surface area (Å²) in [6.45, 7) is 5.78. The Morgan fingerprint density at radius 1 is 1.06 bits per heavy atom. The van der Waals surface area contributed by atoms with Crippen molar-refractivity contribution in [3.05, 3.63) is 105 Å².